The minimum absolute atomic E-state index is 0.103. The van der Waals surface area contributed by atoms with Gasteiger partial charge in [0.2, 0.25) is 0 Å². The zero-order chi connectivity index (χ0) is 11.8. The van der Waals surface area contributed by atoms with Gasteiger partial charge < -0.3 is 14.6 Å². The smallest absolute Gasteiger partial charge is 0.123 e. The van der Waals surface area contributed by atoms with E-state index in [1.54, 1.807) is 7.11 Å². The van der Waals surface area contributed by atoms with Crippen molar-refractivity contribution < 1.29 is 14.6 Å². The predicted molar refractivity (Wildman–Crippen MR) is 62.1 cm³/mol. The molecule has 0 saturated carbocycles. The van der Waals surface area contributed by atoms with Crippen molar-refractivity contribution in [2.24, 2.45) is 0 Å². The van der Waals surface area contributed by atoms with Crippen LogP contribution in [-0.2, 0) is 10.2 Å². The Kier molecular flexibility index (Phi) is 2.91. The van der Waals surface area contributed by atoms with Crippen molar-refractivity contribution in [2.45, 2.75) is 19.3 Å². The summed E-state index contributed by atoms with van der Waals surface area (Å²) in [6.45, 7) is 5.38. The summed E-state index contributed by atoms with van der Waals surface area (Å²) >= 11 is 0. The second-order valence-electron chi connectivity index (χ2n) is 4.57. The molecule has 2 rings (SSSR count). The molecule has 3 heteroatoms. The van der Waals surface area contributed by atoms with E-state index in [0.717, 1.165) is 11.3 Å². The highest BCUT2D eigenvalue weighted by Crippen LogP contribution is 2.38. The van der Waals surface area contributed by atoms with Crippen LogP contribution in [0.1, 0.15) is 16.7 Å². The lowest BCUT2D eigenvalue weighted by Gasteiger charge is -2.41. The van der Waals surface area contributed by atoms with Gasteiger partial charge in [-0.1, -0.05) is 6.07 Å². The van der Waals surface area contributed by atoms with E-state index in [9.17, 15) is 5.11 Å². The highest BCUT2D eigenvalue weighted by molar-refractivity contribution is 5.47. The van der Waals surface area contributed by atoms with Gasteiger partial charge in [0.05, 0.1) is 32.3 Å². The molecule has 16 heavy (non-hydrogen) atoms. The number of aliphatic hydroxyl groups excluding tert-OH is 1. The number of methoxy groups -OCH3 is 1. The van der Waals surface area contributed by atoms with Crippen LogP contribution in [0.3, 0.4) is 0 Å². The largest absolute Gasteiger partial charge is 0.496 e. The Morgan fingerprint density at radius 3 is 2.38 bits per heavy atom. The summed E-state index contributed by atoms with van der Waals surface area (Å²) in [5, 5.41) is 9.53. The van der Waals surface area contributed by atoms with Gasteiger partial charge in [0.15, 0.2) is 0 Å². The molecule has 0 aromatic heterocycles. The molecule has 1 saturated heterocycles. The first-order valence-corrected chi connectivity index (χ1v) is 5.47. The minimum atomic E-state index is -0.260. The average Bonchev–Trinajstić information content (AvgIpc) is 2.22. The van der Waals surface area contributed by atoms with E-state index < -0.39 is 0 Å². The van der Waals surface area contributed by atoms with Crippen LogP contribution in [0.25, 0.3) is 0 Å². The summed E-state index contributed by atoms with van der Waals surface area (Å²) in [6.07, 6.45) is 0. The lowest BCUT2D eigenvalue weighted by atomic mass is 9.78. The monoisotopic (exact) mass is 222 g/mol. The molecule has 3 nitrogen and oxygen atoms in total. The molecule has 88 valence electrons. The van der Waals surface area contributed by atoms with Crippen LogP contribution in [0.5, 0.6) is 5.75 Å². The maximum absolute atomic E-state index is 9.53. The molecule has 0 atom stereocenters. The van der Waals surface area contributed by atoms with Crippen LogP contribution in [-0.4, -0.2) is 32.0 Å². The molecule has 0 bridgehead atoms. The molecular weight excluding hydrogens is 204 g/mol. The van der Waals surface area contributed by atoms with Gasteiger partial charge in [-0.05, 0) is 31.0 Å². The summed E-state index contributed by atoms with van der Waals surface area (Å²) in [4.78, 5) is 0. The van der Waals surface area contributed by atoms with Gasteiger partial charge in [-0.2, -0.15) is 0 Å². The van der Waals surface area contributed by atoms with E-state index in [1.165, 1.54) is 11.1 Å². The van der Waals surface area contributed by atoms with Crippen LogP contribution < -0.4 is 4.74 Å². The zero-order valence-corrected chi connectivity index (χ0v) is 10.0. The first-order valence-electron chi connectivity index (χ1n) is 5.47. The molecule has 0 radical (unpaired) electrons. The lowest BCUT2D eigenvalue weighted by molar-refractivity contribution is -0.0850. The van der Waals surface area contributed by atoms with Gasteiger partial charge in [0.1, 0.15) is 5.75 Å². The van der Waals surface area contributed by atoms with Gasteiger partial charge in [-0.25, -0.2) is 0 Å². The summed E-state index contributed by atoms with van der Waals surface area (Å²) in [5.74, 6) is 0.848. The van der Waals surface area contributed by atoms with E-state index in [1.807, 2.05) is 6.07 Å². The van der Waals surface area contributed by atoms with E-state index >= 15 is 0 Å². The second kappa shape index (κ2) is 4.07. The first kappa shape index (κ1) is 11.4. The number of rotatable bonds is 3. The Bertz CT molecular complexity index is 389. The van der Waals surface area contributed by atoms with Crippen LogP contribution in [0.2, 0.25) is 0 Å². The third kappa shape index (κ3) is 1.60. The molecule has 0 spiro atoms. The van der Waals surface area contributed by atoms with Crippen molar-refractivity contribution in [1.29, 1.82) is 0 Å². The number of hydrogen-bond acceptors (Lipinski definition) is 3. The van der Waals surface area contributed by atoms with E-state index in [4.69, 9.17) is 9.47 Å². The average molecular weight is 222 g/mol. The summed E-state index contributed by atoms with van der Waals surface area (Å²) in [6, 6.07) is 4.13. The Morgan fingerprint density at radius 2 is 1.94 bits per heavy atom. The molecule has 0 unspecified atom stereocenters. The van der Waals surface area contributed by atoms with Gasteiger partial charge in [-0.3, -0.25) is 0 Å². The fourth-order valence-electron chi connectivity index (χ4n) is 2.05. The standard InChI is InChI=1S/C13H18O3/c1-9-4-11(12(15-3)5-10(9)2)13(6-14)7-16-8-13/h4-5,14H,6-8H2,1-3H3. The number of aliphatic hydroxyl groups is 1. The maximum Gasteiger partial charge on any atom is 0.123 e. The van der Waals surface area contributed by atoms with Crippen molar-refractivity contribution in [3.05, 3.63) is 28.8 Å². The van der Waals surface area contributed by atoms with Crippen LogP contribution in [0.4, 0.5) is 0 Å². The van der Waals surface area contributed by atoms with Crippen molar-refractivity contribution in [3.63, 3.8) is 0 Å². The third-order valence-electron chi connectivity index (χ3n) is 3.45. The summed E-state index contributed by atoms with van der Waals surface area (Å²) in [5.41, 5.74) is 3.22. The van der Waals surface area contributed by atoms with Gasteiger partial charge >= 0.3 is 0 Å². The number of ether oxygens (including phenoxy) is 2. The molecule has 0 aliphatic carbocycles. The molecule has 1 aliphatic rings. The molecule has 1 N–H and O–H groups in total. The van der Waals surface area contributed by atoms with Gasteiger partial charge in [0, 0.05) is 5.56 Å². The second-order valence-corrected chi connectivity index (χ2v) is 4.57. The Labute approximate surface area is 96.0 Å². The maximum atomic E-state index is 9.53. The molecule has 1 aromatic carbocycles. The molecule has 1 aromatic rings. The fraction of sp³-hybridized carbons (Fsp3) is 0.538. The molecule has 1 aliphatic heterocycles. The number of hydrogen-bond donors (Lipinski definition) is 1. The van der Waals surface area contributed by atoms with Crippen LogP contribution in [0.15, 0.2) is 12.1 Å². The van der Waals surface area contributed by atoms with Gasteiger partial charge in [-0.15, -0.1) is 0 Å². The molecular formula is C13H18O3. The molecule has 0 amide bonds. The van der Waals surface area contributed by atoms with E-state index in [-0.39, 0.29) is 12.0 Å². The quantitative estimate of drug-likeness (QED) is 0.843. The normalized spacial score (nSPS) is 18.0. The minimum Gasteiger partial charge on any atom is -0.496 e. The van der Waals surface area contributed by atoms with Crippen LogP contribution in [0, 0.1) is 13.8 Å². The topological polar surface area (TPSA) is 38.7 Å². The van der Waals surface area contributed by atoms with Gasteiger partial charge in [0.25, 0.3) is 0 Å². The number of benzene rings is 1. The zero-order valence-electron chi connectivity index (χ0n) is 10.0. The van der Waals surface area contributed by atoms with E-state index in [0.29, 0.717) is 13.2 Å². The highest BCUT2D eigenvalue weighted by atomic mass is 16.5. The highest BCUT2D eigenvalue weighted by Gasteiger charge is 2.42. The predicted octanol–water partition coefficient (Wildman–Crippen LogP) is 1.57. The fourth-order valence-corrected chi connectivity index (χ4v) is 2.05. The number of aryl methyl sites for hydroxylation is 2. The SMILES string of the molecule is COc1cc(C)c(C)cc1C1(CO)COC1. The van der Waals surface area contributed by atoms with E-state index in [2.05, 4.69) is 19.9 Å². The van der Waals surface area contributed by atoms with Crippen molar-refractivity contribution in [1.82, 2.24) is 0 Å². The summed E-state index contributed by atoms with van der Waals surface area (Å²) in [7, 11) is 1.66. The lowest BCUT2D eigenvalue weighted by Crippen LogP contribution is -2.50. The van der Waals surface area contributed by atoms with Crippen molar-refractivity contribution in [2.75, 3.05) is 26.9 Å². The first-order chi connectivity index (χ1) is 7.63. The van der Waals surface area contributed by atoms with Crippen LogP contribution >= 0.6 is 0 Å². The van der Waals surface area contributed by atoms with Crippen molar-refractivity contribution >= 4 is 0 Å². The third-order valence-corrected chi connectivity index (χ3v) is 3.45. The molecule has 1 fully saturated rings. The Balaban J connectivity index is 2.50. The Morgan fingerprint density at radius 1 is 1.31 bits per heavy atom. The van der Waals surface area contributed by atoms with Crippen molar-refractivity contribution in [3.8, 4) is 5.75 Å². The summed E-state index contributed by atoms with van der Waals surface area (Å²) < 4.78 is 10.6. The molecule has 1 heterocycles. The Hall–Kier alpha value is -1.06.